The number of sulfonamides is 1. The van der Waals surface area contributed by atoms with Gasteiger partial charge in [0.1, 0.15) is 0 Å². The summed E-state index contributed by atoms with van der Waals surface area (Å²) in [5.41, 5.74) is -0.319. The topological polar surface area (TPSA) is 91.8 Å². The van der Waals surface area contributed by atoms with Gasteiger partial charge in [0.05, 0.1) is 6.26 Å². The van der Waals surface area contributed by atoms with E-state index >= 15 is 0 Å². The van der Waals surface area contributed by atoms with Crippen molar-refractivity contribution >= 4 is 16.0 Å². The van der Waals surface area contributed by atoms with Crippen LogP contribution in [0.25, 0.3) is 0 Å². The average molecular weight is 363 g/mol. The van der Waals surface area contributed by atoms with Crippen LogP contribution in [-0.2, 0) is 14.8 Å². The van der Waals surface area contributed by atoms with Crippen LogP contribution in [0, 0.1) is 5.41 Å². The van der Waals surface area contributed by atoms with Gasteiger partial charge in [-0.15, -0.1) is 0 Å². The van der Waals surface area contributed by atoms with E-state index in [2.05, 4.69) is 20.3 Å². The lowest BCUT2D eigenvalue weighted by Crippen LogP contribution is -2.53. The summed E-state index contributed by atoms with van der Waals surface area (Å²) < 4.78 is 30.7. The molecule has 0 aromatic heterocycles. The molecule has 1 aliphatic carbocycles. The molecule has 0 aromatic rings. The van der Waals surface area contributed by atoms with Crippen molar-refractivity contribution in [3.8, 4) is 0 Å². The summed E-state index contributed by atoms with van der Waals surface area (Å²) in [4.78, 5) is 4.25. The van der Waals surface area contributed by atoms with E-state index < -0.39 is 15.6 Å². The summed E-state index contributed by atoms with van der Waals surface area (Å²) in [5, 5.41) is 6.61. The van der Waals surface area contributed by atoms with Crippen LogP contribution in [0.3, 0.4) is 0 Å². The van der Waals surface area contributed by atoms with Crippen molar-refractivity contribution in [1.82, 2.24) is 15.4 Å². The minimum atomic E-state index is -3.25. The van der Waals surface area contributed by atoms with Gasteiger partial charge in [-0.1, -0.05) is 12.8 Å². The van der Waals surface area contributed by atoms with Crippen LogP contribution < -0.4 is 15.4 Å². The molecule has 0 spiro atoms. The van der Waals surface area contributed by atoms with Gasteiger partial charge in [0.25, 0.3) is 0 Å². The Morgan fingerprint density at radius 2 is 1.88 bits per heavy atom. The highest BCUT2D eigenvalue weighted by Crippen LogP contribution is 2.40. The molecule has 7 nitrogen and oxygen atoms in total. The predicted octanol–water partition coefficient (Wildman–Crippen LogP) is 1.08. The predicted molar refractivity (Wildman–Crippen MR) is 98.8 cm³/mol. The quantitative estimate of drug-likeness (QED) is 0.422. The first-order valence-corrected chi connectivity index (χ1v) is 10.4. The normalized spacial score (nSPS) is 18.6. The highest BCUT2D eigenvalue weighted by atomic mass is 32.2. The van der Waals surface area contributed by atoms with Crippen molar-refractivity contribution in [3.63, 3.8) is 0 Å². The summed E-state index contributed by atoms with van der Waals surface area (Å²) in [6.07, 6.45) is 7.17. The molecule has 0 atom stereocenters. The fourth-order valence-corrected chi connectivity index (χ4v) is 4.37. The first kappa shape index (κ1) is 21.2. The molecular weight excluding hydrogens is 328 g/mol. The van der Waals surface area contributed by atoms with Gasteiger partial charge >= 0.3 is 0 Å². The molecule has 0 saturated heterocycles. The molecule has 1 fully saturated rings. The van der Waals surface area contributed by atoms with Crippen LogP contribution >= 0.6 is 0 Å². The van der Waals surface area contributed by atoms with E-state index in [1.807, 2.05) is 13.8 Å². The maximum atomic E-state index is 11.4. The van der Waals surface area contributed by atoms with Crippen molar-refractivity contribution in [1.29, 1.82) is 0 Å². The van der Waals surface area contributed by atoms with Gasteiger partial charge in [-0.25, -0.2) is 13.1 Å². The van der Waals surface area contributed by atoms with Crippen LogP contribution in [0.2, 0.25) is 0 Å². The zero-order valence-electron chi connectivity index (χ0n) is 15.7. The Morgan fingerprint density at radius 1 is 1.25 bits per heavy atom. The summed E-state index contributed by atoms with van der Waals surface area (Å²) in [6, 6.07) is 0. The Labute approximate surface area is 147 Å². The third kappa shape index (κ3) is 7.81. The average Bonchev–Trinajstić information content (AvgIpc) is 2.92. The maximum absolute atomic E-state index is 11.4. The van der Waals surface area contributed by atoms with Crippen molar-refractivity contribution in [2.45, 2.75) is 51.5 Å². The SMILES string of the molecule is CN=C(NCC1(CCOC)CCCC1)NCC(C)(C)NS(C)(=O)=O. The number of methoxy groups -OCH3 is 1. The van der Waals surface area contributed by atoms with Crippen molar-refractivity contribution < 1.29 is 13.2 Å². The fraction of sp³-hybridized carbons (Fsp3) is 0.938. The molecule has 0 bridgehead atoms. The summed E-state index contributed by atoms with van der Waals surface area (Å²) in [7, 11) is 0.222. The minimum absolute atomic E-state index is 0.272. The van der Waals surface area contributed by atoms with Crippen LogP contribution in [0.15, 0.2) is 4.99 Å². The Morgan fingerprint density at radius 3 is 2.38 bits per heavy atom. The minimum Gasteiger partial charge on any atom is -0.385 e. The molecule has 0 heterocycles. The molecule has 1 saturated carbocycles. The molecular formula is C16H34N4O3S. The van der Waals surface area contributed by atoms with Crippen molar-refractivity contribution in [2.75, 3.05) is 40.1 Å². The largest absolute Gasteiger partial charge is 0.385 e. The van der Waals surface area contributed by atoms with Crippen LogP contribution in [0.1, 0.15) is 46.0 Å². The first-order valence-electron chi connectivity index (χ1n) is 8.54. The standard InChI is InChI=1S/C16H34N4O3S/c1-15(2,20-24(5,21)22)12-18-14(17-3)19-13-16(10-11-23-4)8-6-7-9-16/h20H,6-13H2,1-5H3,(H2,17,18,19). The molecule has 3 N–H and O–H groups in total. The Kier molecular flexibility index (Phi) is 7.95. The monoisotopic (exact) mass is 362 g/mol. The number of ether oxygens (including phenoxy) is 1. The molecule has 8 heteroatoms. The van der Waals surface area contributed by atoms with E-state index in [0.29, 0.717) is 12.5 Å². The number of hydrogen-bond acceptors (Lipinski definition) is 4. The van der Waals surface area contributed by atoms with E-state index in [0.717, 1.165) is 19.6 Å². The zero-order valence-corrected chi connectivity index (χ0v) is 16.6. The third-order valence-electron chi connectivity index (χ3n) is 4.51. The number of hydrogen-bond donors (Lipinski definition) is 3. The highest BCUT2D eigenvalue weighted by Gasteiger charge is 2.33. The van der Waals surface area contributed by atoms with Crippen LogP contribution in [-0.4, -0.2) is 60.0 Å². The smallest absolute Gasteiger partial charge is 0.209 e. The Hall–Kier alpha value is -0.860. The zero-order chi connectivity index (χ0) is 18.3. The first-order chi connectivity index (χ1) is 11.1. The fourth-order valence-electron chi connectivity index (χ4n) is 3.29. The van der Waals surface area contributed by atoms with Gasteiger partial charge in [0, 0.05) is 39.4 Å². The molecule has 0 aromatic carbocycles. The number of guanidine groups is 1. The third-order valence-corrected chi connectivity index (χ3v) is 5.44. The lowest BCUT2D eigenvalue weighted by atomic mass is 9.83. The number of aliphatic imine (C=N–C) groups is 1. The summed E-state index contributed by atoms with van der Waals surface area (Å²) >= 11 is 0. The maximum Gasteiger partial charge on any atom is 0.209 e. The van der Waals surface area contributed by atoms with E-state index in [1.165, 1.54) is 31.9 Å². The van der Waals surface area contributed by atoms with Gasteiger partial charge < -0.3 is 15.4 Å². The molecule has 0 unspecified atom stereocenters. The van der Waals surface area contributed by atoms with E-state index in [1.54, 1.807) is 14.2 Å². The Balaban J connectivity index is 2.52. The molecule has 142 valence electrons. The van der Waals surface area contributed by atoms with Crippen molar-refractivity contribution in [2.24, 2.45) is 10.4 Å². The molecule has 1 aliphatic rings. The van der Waals surface area contributed by atoms with E-state index in [4.69, 9.17) is 4.74 Å². The number of nitrogens with one attached hydrogen (secondary N) is 3. The van der Waals surface area contributed by atoms with Gasteiger partial charge in [0.2, 0.25) is 10.0 Å². The molecule has 1 rings (SSSR count). The van der Waals surface area contributed by atoms with Gasteiger partial charge in [0.15, 0.2) is 5.96 Å². The van der Waals surface area contributed by atoms with Crippen molar-refractivity contribution in [3.05, 3.63) is 0 Å². The lowest BCUT2D eigenvalue weighted by molar-refractivity contribution is 0.138. The number of rotatable bonds is 9. The summed E-state index contributed by atoms with van der Waals surface area (Å²) in [5.74, 6) is 0.696. The molecule has 24 heavy (non-hydrogen) atoms. The van der Waals surface area contributed by atoms with Gasteiger partial charge in [-0.3, -0.25) is 4.99 Å². The van der Waals surface area contributed by atoms with E-state index in [-0.39, 0.29) is 5.41 Å². The second kappa shape index (κ2) is 9.01. The van der Waals surface area contributed by atoms with Gasteiger partial charge in [-0.2, -0.15) is 0 Å². The Bertz CT molecular complexity index is 511. The second-order valence-corrected chi connectivity index (χ2v) is 9.24. The van der Waals surface area contributed by atoms with Crippen LogP contribution in [0.5, 0.6) is 0 Å². The highest BCUT2D eigenvalue weighted by molar-refractivity contribution is 7.88. The second-order valence-electron chi connectivity index (χ2n) is 7.49. The van der Waals surface area contributed by atoms with E-state index in [9.17, 15) is 8.42 Å². The molecule has 0 radical (unpaired) electrons. The molecule has 0 amide bonds. The van der Waals surface area contributed by atoms with Gasteiger partial charge in [-0.05, 0) is 38.5 Å². The molecule has 0 aliphatic heterocycles. The van der Waals surface area contributed by atoms with Crippen LogP contribution in [0.4, 0.5) is 0 Å². The summed E-state index contributed by atoms with van der Waals surface area (Å²) in [6.45, 7) is 5.76. The lowest BCUT2D eigenvalue weighted by Gasteiger charge is -2.31. The number of nitrogens with zero attached hydrogens (tertiary/aromatic N) is 1.